The van der Waals surface area contributed by atoms with Gasteiger partial charge in [-0.25, -0.2) is 8.78 Å². The van der Waals surface area contributed by atoms with Crippen molar-refractivity contribution in [2.75, 3.05) is 25.0 Å². The van der Waals surface area contributed by atoms with Crippen molar-refractivity contribution in [1.82, 2.24) is 4.90 Å². The Morgan fingerprint density at radius 3 is 2.33 bits per heavy atom. The van der Waals surface area contributed by atoms with E-state index in [4.69, 9.17) is 11.6 Å². The van der Waals surface area contributed by atoms with Gasteiger partial charge in [-0.05, 0) is 56.8 Å². The highest BCUT2D eigenvalue weighted by molar-refractivity contribution is 6.31. The lowest BCUT2D eigenvalue weighted by atomic mass is 9.95. The van der Waals surface area contributed by atoms with Crippen molar-refractivity contribution in [1.29, 1.82) is 0 Å². The molecule has 0 spiro atoms. The number of nitrogens with one attached hydrogen (secondary N) is 1. The average Bonchev–Trinajstić information content (AvgIpc) is 3.34. The molecule has 2 nitrogen and oxygen atoms in total. The first-order valence-electron chi connectivity index (χ1n) is 7.94. The van der Waals surface area contributed by atoms with Crippen molar-refractivity contribution in [2.45, 2.75) is 37.4 Å². The van der Waals surface area contributed by atoms with Crippen LogP contribution < -0.4 is 5.32 Å². The van der Waals surface area contributed by atoms with Gasteiger partial charge < -0.3 is 5.32 Å². The minimum Gasteiger partial charge on any atom is -0.382 e. The van der Waals surface area contributed by atoms with Crippen LogP contribution in [0.15, 0.2) is 12.1 Å². The highest BCUT2D eigenvalue weighted by Gasteiger charge is 2.66. The molecule has 134 valence electrons. The summed E-state index contributed by atoms with van der Waals surface area (Å²) < 4.78 is 66.3. The summed E-state index contributed by atoms with van der Waals surface area (Å²) in [6.07, 6.45) is -2.59. The average molecular weight is 369 g/mol. The van der Waals surface area contributed by atoms with E-state index in [0.717, 1.165) is 6.07 Å². The third-order valence-corrected chi connectivity index (χ3v) is 5.43. The molecule has 0 atom stereocenters. The van der Waals surface area contributed by atoms with Crippen LogP contribution in [0.4, 0.5) is 27.6 Å². The standard InChI is InChI=1S/C16H18ClF5N2/c17-13-11(18)1-2-12(14(13)19)23-9-10-3-7-24(8-4-10)15(5-6-15)16(20,21)22/h1-2,10,23H,3-9H2. The topological polar surface area (TPSA) is 15.3 Å². The minimum absolute atomic E-state index is 0.109. The van der Waals surface area contributed by atoms with Crippen molar-refractivity contribution in [3.8, 4) is 0 Å². The molecule has 3 rings (SSSR count). The molecular formula is C16H18ClF5N2. The number of halogens is 6. The lowest BCUT2D eigenvalue weighted by molar-refractivity contribution is -0.199. The van der Waals surface area contributed by atoms with Gasteiger partial charge in [-0.3, -0.25) is 4.90 Å². The second kappa shape index (κ2) is 6.33. The molecule has 1 saturated heterocycles. The smallest absolute Gasteiger partial charge is 0.382 e. The SMILES string of the molecule is Fc1ccc(NCC2CCN(C3(C(F)(F)F)CC3)CC2)c(F)c1Cl. The Bertz CT molecular complexity index is 607. The van der Waals surface area contributed by atoms with E-state index in [-0.39, 0.29) is 24.4 Å². The Balaban J connectivity index is 1.53. The first kappa shape index (κ1) is 17.7. The number of likely N-dealkylation sites (tertiary alicyclic amines) is 1. The highest BCUT2D eigenvalue weighted by Crippen LogP contribution is 2.54. The number of alkyl halides is 3. The third kappa shape index (κ3) is 3.20. The molecule has 2 aliphatic rings. The van der Waals surface area contributed by atoms with Gasteiger partial charge in [0.05, 0.1) is 5.69 Å². The van der Waals surface area contributed by atoms with Gasteiger partial charge in [0.1, 0.15) is 16.4 Å². The maximum absolute atomic E-state index is 13.8. The summed E-state index contributed by atoms with van der Waals surface area (Å²) >= 11 is 5.52. The van der Waals surface area contributed by atoms with Crippen molar-refractivity contribution < 1.29 is 22.0 Å². The Hall–Kier alpha value is -1.08. The monoisotopic (exact) mass is 368 g/mol. The molecule has 0 bridgehead atoms. The fraction of sp³-hybridized carbons (Fsp3) is 0.625. The van der Waals surface area contributed by atoms with E-state index in [0.29, 0.717) is 32.5 Å². The van der Waals surface area contributed by atoms with E-state index in [2.05, 4.69) is 5.32 Å². The maximum atomic E-state index is 13.8. The number of benzene rings is 1. The van der Waals surface area contributed by atoms with E-state index in [9.17, 15) is 22.0 Å². The summed E-state index contributed by atoms with van der Waals surface area (Å²) in [6, 6.07) is 2.35. The van der Waals surface area contributed by atoms with Gasteiger partial charge >= 0.3 is 6.18 Å². The van der Waals surface area contributed by atoms with Crippen molar-refractivity contribution in [3.63, 3.8) is 0 Å². The largest absolute Gasteiger partial charge is 0.406 e. The zero-order valence-corrected chi connectivity index (χ0v) is 13.7. The molecule has 1 N–H and O–H groups in total. The summed E-state index contributed by atoms with van der Waals surface area (Å²) in [7, 11) is 0. The van der Waals surface area contributed by atoms with Gasteiger partial charge in [0.2, 0.25) is 0 Å². The molecule has 1 saturated carbocycles. The fourth-order valence-corrected chi connectivity index (χ4v) is 3.54. The molecule has 0 amide bonds. The van der Waals surface area contributed by atoms with E-state index >= 15 is 0 Å². The molecule has 8 heteroatoms. The summed E-state index contributed by atoms with van der Waals surface area (Å²) in [6.45, 7) is 1.20. The molecule has 1 aromatic carbocycles. The van der Waals surface area contributed by atoms with Gasteiger partial charge in [0.25, 0.3) is 0 Å². The Morgan fingerprint density at radius 1 is 1.17 bits per heavy atom. The lowest BCUT2D eigenvalue weighted by Crippen LogP contribution is -2.51. The van der Waals surface area contributed by atoms with Crippen LogP contribution in [0.3, 0.4) is 0 Å². The molecule has 1 aliphatic carbocycles. The number of nitrogens with zero attached hydrogens (tertiary/aromatic N) is 1. The number of hydrogen-bond donors (Lipinski definition) is 1. The van der Waals surface area contributed by atoms with Gasteiger partial charge in [0, 0.05) is 6.54 Å². The zero-order valence-electron chi connectivity index (χ0n) is 12.9. The predicted octanol–water partition coefficient (Wildman–Crippen LogP) is 4.84. The van der Waals surface area contributed by atoms with E-state index in [1.54, 1.807) is 4.90 Å². The van der Waals surface area contributed by atoms with Gasteiger partial charge in [0.15, 0.2) is 5.82 Å². The van der Waals surface area contributed by atoms with Crippen molar-refractivity contribution >= 4 is 17.3 Å². The summed E-state index contributed by atoms with van der Waals surface area (Å²) in [5.74, 6) is -1.52. The van der Waals surface area contributed by atoms with Gasteiger partial charge in [-0.15, -0.1) is 0 Å². The molecule has 24 heavy (non-hydrogen) atoms. The second-order valence-electron chi connectivity index (χ2n) is 6.56. The first-order valence-corrected chi connectivity index (χ1v) is 8.31. The van der Waals surface area contributed by atoms with Crippen LogP contribution in [0.5, 0.6) is 0 Å². The van der Waals surface area contributed by atoms with Crippen LogP contribution in [0.25, 0.3) is 0 Å². The number of piperidine rings is 1. The first-order chi connectivity index (χ1) is 11.2. The van der Waals surface area contributed by atoms with Crippen molar-refractivity contribution in [3.05, 3.63) is 28.8 Å². The van der Waals surface area contributed by atoms with Gasteiger partial charge in [-0.2, -0.15) is 13.2 Å². The maximum Gasteiger partial charge on any atom is 0.406 e. The molecule has 1 heterocycles. The molecule has 0 aromatic heterocycles. The zero-order chi connectivity index (χ0) is 17.5. The Kier molecular flexibility index (Phi) is 4.68. The van der Waals surface area contributed by atoms with Crippen LogP contribution >= 0.6 is 11.6 Å². The lowest BCUT2D eigenvalue weighted by Gasteiger charge is -2.39. The minimum atomic E-state index is -4.17. The summed E-state index contributed by atoms with van der Waals surface area (Å²) in [4.78, 5) is 1.54. The number of rotatable bonds is 4. The molecule has 2 fully saturated rings. The summed E-state index contributed by atoms with van der Waals surface area (Å²) in [5, 5.41) is 2.32. The van der Waals surface area contributed by atoms with E-state index in [1.807, 2.05) is 0 Å². The van der Waals surface area contributed by atoms with E-state index < -0.39 is 28.4 Å². The molecule has 0 radical (unpaired) electrons. The van der Waals surface area contributed by atoms with Crippen LogP contribution in [-0.2, 0) is 0 Å². The number of anilines is 1. The quantitative estimate of drug-likeness (QED) is 0.604. The van der Waals surface area contributed by atoms with Crippen LogP contribution in [-0.4, -0.2) is 36.2 Å². The highest BCUT2D eigenvalue weighted by atomic mass is 35.5. The normalized spacial score (nSPS) is 21.8. The van der Waals surface area contributed by atoms with E-state index in [1.165, 1.54) is 6.07 Å². The molecule has 1 aliphatic heterocycles. The number of hydrogen-bond acceptors (Lipinski definition) is 2. The van der Waals surface area contributed by atoms with Crippen molar-refractivity contribution in [2.24, 2.45) is 5.92 Å². The molecule has 0 unspecified atom stereocenters. The van der Waals surface area contributed by atoms with Crippen LogP contribution in [0.1, 0.15) is 25.7 Å². The molecular weight excluding hydrogens is 351 g/mol. The fourth-order valence-electron chi connectivity index (χ4n) is 3.38. The van der Waals surface area contributed by atoms with Gasteiger partial charge in [-0.1, -0.05) is 11.6 Å². The molecule has 1 aromatic rings. The van der Waals surface area contributed by atoms with Crippen LogP contribution in [0, 0.1) is 17.6 Å². The van der Waals surface area contributed by atoms with Crippen LogP contribution in [0.2, 0.25) is 5.02 Å². The summed E-state index contributed by atoms with van der Waals surface area (Å²) in [5.41, 5.74) is -1.50. The Morgan fingerprint density at radius 2 is 1.79 bits per heavy atom. The Labute approximate surface area is 142 Å². The third-order valence-electron chi connectivity index (χ3n) is 5.09. The predicted molar refractivity (Wildman–Crippen MR) is 82.2 cm³/mol. The second-order valence-corrected chi connectivity index (χ2v) is 6.94.